The van der Waals surface area contributed by atoms with E-state index in [4.69, 9.17) is 0 Å². The lowest BCUT2D eigenvalue weighted by atomic mass is 10.2. The molecule has 2 aromatic heterocycles. The van der Waals surface area contributed by atoms with E-state index in [9.17, 15) is 9.18 Å². The molecule has 24 heavy (non-hydrogen) atoms. The third-order valence-electron chi connectivity index (χ3n) is 3.33. The molecule has 3 rings (SSSR count). The van der Waals surface area contributed by atoms with E-state index >= 15 is 0 Å². The minimum absolute atomic E-state index is 0.261. The predicted molar refractivity (Wildman–Crippen MR) is 89.3 cm³/mol. The summed E-state index contributed by atoms with van der Waals surface area (Å²) < 4.78 is 13.7. The molecule has 0 saturated carbocycles. The molecule has 3 aromatic rings. The summed E-state index contributed by atoms with van der Waals surface area (Å²) in [5.41, 5.74) is 2.15. The molecule has 6 heteroatoms. The van der Waals surface area contributed by atoms with Crippen LogP contribution in [0.4, 0.5) is 15.8 Å². The molecular weight excluding hydrogens is 307 g/mol. The predicted octanol–water partition coefficient (Wildman–Crippen LogP) is 3.29. The van der Waals surface area contributed by atoms with Crippen LogP contribution in [0.5, 0.6) is 0 Å². The van der Waals surface area contributed by atoms with Gasteiger partial charge in [0.1, 0.15) is 5.82 Å². The summed E-state index contributed by atoms with van der Waals surface area (Å²) in [4.78, 5) is 20.2. The van der Waals surface area contributed by atoms with Gasteiger partial charge >= 0.3 is 0 Å². The minimum atomic E-state index is -0.371. The minimum Gasteiger partial charge on any atom is -0.352 e. The lowest BCUT2D eigenvalue weighted by Crippen LogP contribution is -2.23. The van der Waals surface area contributed by atoms with E-state index in [0.29, 0.717) is 23.5 Å². The number of hydrogen-bond donors (Lipinski definition) is 2. The van der Waals surface area contributed by atoms with Gasteiger partial charge < -0.3 is 10.6 Å². The highest BCUT2D eigenvalue weighted by atomic mass is 19.1. The van der Waals surface area contributed by atoms with Crippen LogP contribution in [0.2, 0.25) is 0 Å². The number of carbonyl (C=O) groups excluding carboxylic acids is 1. The Morgan fingerprint density at radius 3 is 2.71 bits per heavy atom. The number of nitrogens with one attached hydrogen (secondary N) is 2. The lowest BCUT2D eigenvalue weighted by molar-refractivity contribution is 0.0950. The van der Waals surface area contributed by atoms with Crippen LogP contribution in [0.3, 0.4) is 0 Å². The summed E-state index contributed by atoms with van der Waals surface area (Å²) in [6.45, 7) is 0.373. The maximum absolute atomic E-state index is 13.7. The Bertz CT molecular complexity index is 839. The molecule has 0 aliphatic carbocycles. The van der Waals surface area contributed by atoms with Gasteiger partial charge in [0.25, 0.3) is 5.91 Å². The van der Waals surface area contributed by atoms with Crippen molar-refractivity contribution in [2.75, 3.05) is 5.32 Å². The summed E-state index contributed by atoms with van der Waals surface area (Å²) in [5.74, 6) is -0.632. The third-order valence-corrected chi connectivity index (χ3v) is 3.33. The van der Waals surface area contributed by atoms with E-state index in [2.05, 4.69) is 20.6 Å². The number of carbonyl (C=O) groups is 1. The lowest BCUT2D eigenvalue weighted by Gasteiger charge is -2.09. The average molecular weight is 322 g/mol. The smallest absolute Gasteiger partial charge is 0.253 e. The van der Waals surface area contributed by atoms with Crippen LogP contribution < -0.4 is 10.6 Å². The first-order chi connectivity index (χ1) is 11.7. The average Bonchev–Trinajstić information content (AvgIpc) is 2.63. The van der Waals surface area contributed by atoms with Crippen molar-refractivity contribution in [2.24, 2.45) is 0 Å². The van der Waals surface area contributed by atoms with E-state index in [0.717, 1.165) is 5.56 Å². The fourth-order valence-electron chi connectivity index (χ4n) is 2.14. The zero-order chi connectivity index (χ0) is 16.8. The Labute approximate surface area is 138 Å². The molecule has 0 radical (unpaired) electrons. The second-order valence-electron chi connectivity index (χ2n) is 5.11. The Balaban J connectivity index is 1.68. The fourth-order valence-corrected chi connectivity index (χ4v) is 2.14. The zero-order valence-electron chi connectivity index (χ0n) is 12.7. The van der Waals surface area contributed by atoms with Crippen molar-refractivity contribution in [2.45, 2.75) is 6.54 Å². The number of aromatic nitrogens is 2. The molecule has 0 saturated heterocycles. The molecule has 1 amide bonds. The number of halogens is 1. The third kappa shape index (κ3) is 3.92. The maximum Gasteiger partial charge on any atom is 0.253 e. The standard InChI is InChI=1S/C18H15FN4O/c19-16-5-1-2-6-17(16)23-15-8-14(11-21-12-15)18(24)22-10-13-4-3-7-20-9-13/h1-9,11-12,23H,10H2,(H,22,24). The molecule has 0 spiro atoms. The molecule has 0 bridgehead atoms. The number of pyridine rings is 2. The van der Waals surface area contributed by atoms with Crippen molar-refractivity contribution < 1.29 is 9.18 Å². The molecule has 0 fully saturated rings. The van der Waals surface area contributed by atoms with Crippen LogP contribution in [0.25, 0.3) is 0 Å². The van der Waals surface area contributed by atoms with Gasteiger partial charge in [0.05, 0.1) is 23.1 Å². The molecule has 0 atom stereocenters. The quantitative estimate of drug-likeness (QED) is 0.756. The van der Waals surface area contributed by atoms with Gasteiger partial charge in [-0.2, -0.15) is 0 Å². The summed E-state index contributed by atoms with van der Waals surface area (Å²) in [5, 5.41) is 5.71. The molecule has 2 heterocycles. The Morgan fingerprint density at radius 1 is 1.04 bits per heavy atom. The van der Waals surface area contributed by atoms with Gasteiger partial charge in [-0.25, -0.2) is 4.39 Å². The zero-order valence-corrected chi connectivity index (χ0v) is 12.7. The van der Waals surface area contributed by atoms with Crippen molar-refractivity contribution in [1.29, 1.82) is 0 Å². The molecule has 0 aliphatic heterocycles. The first kappa shape index (κ1) is 15.6. The van der Waals surface area contributed by atoms with Gasteiger partial charge in [-0.1, -0.05) is 18.2 Å². The number of para-hydroxylation sites is 1. The number of nitrogens with zero attached hydrogens (tertiary/aromatic N) is 2. The Morgan fingerprint density at radius 2 is 1.92 bits per heavy atom. The van der Waals surface area contributed by atoms with E-state index < -0.39 is 0 Å². The topological polar surface area (TPSA) is 66.9 Å². The molecule has 120 valence electrons. The number of benzene rings is 1. The molecule has 5 nitrogen and oxygen atoms in total. The summed E-state index contributed by atoms with van der Waals surface area (Å²) in [6.07, 6.45) is 6.36. The van der Waals surface area contributed by atoms with E-state index in [1.165, 1.54) is 18.5 Å². The second kappa shape index (κ2) is 7.32. The van der Waals surface area contributed by atoms with Gasteiger partial charge in [0.15, 0.2) is 0 Å². The molecular formula is C18H15FN4O. The van der Waals surface area contributed by atoms with Crippen LogP contribution in [-0.2, 0) is 6.54 Å². The number of anilines is 2. The van der Waals surface area contributed by atoms with Crippen LogP contribution >= 0.6 is 0 Å². The maximum atomic E-state index is 13.7. The van der Waals surface area contributed by atoms with Crippen molar-refractivity contribution >= 4 is 17.3 Å². The van der Waals surface area contributed by atoms with Gasteiger partial charge in [0.2, 0.25) is 0 Å². The van der Waals surface area contributed by atoms with Gasteiger partial charge in [-0.15, -0.1) is 0 Å². The monoisotopic (exact) mass is 322 g/mol. The largest absolute Gasteiger partial charge is 0.352 e. The van der Waals surface area contributed by atoms with Gasteiger partial charge in [-0.3, -0.25) is 14.8 Å². The first-order valence-electron chi connectivity index (χ1n) is 7.36. The molecule has 2 N–H and O–H groups in total. The Kier molecular flexibility index (Phi) is 4.76. The second-order valence-corrected chi connectivity index (χ2v) is 5.11. The number of rotatable bonds is 5. The van der Waals surface area contributed by atoms with Crippen molar-refractivity contribution in [3.63, 3.8) is 0 Å². The molecule has 0 unspecified atom stereocenters. The fraction of sp³-hybridized carbons (Fsp3) is 0.0556. The summed E-state index contributed by atoms with van der Waals surface area (Å²) in [6, 6.07) is 11.6. The highest BCUT2D eigenvalue weighted by Crippen LogP contribution is 2.19. The van der Waals surface area contributed by atoms with Crippen LogP contribution in [0, 0.1) is 5.82 Å². The SMILES string of the molecule is O=C(NCc1cccnc1)c1cncc(Nc2ccccc2F)c1. The van der Waals surface area contributed by atoms with Crippen LogP contribution in [0.1, 0.15) is 15.9 Å². The van der Waals surface area contributed by atoms with Gasteiger partial charge in [0, 0.05) is 25.1 Å². The first-order valence-corrected chi connectivity index (χ1v) is 7.36. The Hall–Kier alpha value is -3.28. The summed E-state index contributed by atoms with van der Waals surface area (Å²) in [7, 11) is 0. The summed E-state index contributed by atoms with van der Waals surface area (Å²) >= 11 is 0. The number of amides is 1. The van der Waals surface area contributed by atoms with Crippen molar-refractivity contribution in [1.82, 2.24) is 15.3 Å². The van der Waals surface area contributed by atoms with E-state index in [1.54, 1.807) is 36.7 Å². The van der Waals surface area contributed by atoms with Crippen molar-refractivity contribution in [3.8, 4) is 0 Å². The molecule has 0 aliphatic rings. The van der Waals surface area contributed by atoms with Crippen molar-refractivity contribution in [3.05, 3.63) is 84.2 Å². The number of hydrogen-bond acceptors (Lipinski definition) is 4. The highest BCUT2D eigenvalue weighted by Gasteiger charge is 2.08. The van der Waals surface area contributed by atoms with E-state index in [1.807, 2.05) is 12.1 Å². The highest BCUT2D eigenvalue weighted by molar-refractivity contribution is 5.94. The van der Waals surface area contributed by atoms with Crippen LogP contribution in [0.15, 0.2) is 67.3 Å². The normalized spacial score (nSPS) is 10.2. The molecule has 1 aromatic carbocycles. The van der Waals surface area contributed by atoms with E-state index in [-0.39, 0.29) is 11.7 Å². The van der Waals surface area contributed by atoms with Crippen LogP contribution in [-0.4, -0.2) is 15.9 Å². The van der Waals surface area contributed by atoms with Gasteiger partial charge in [-0.05, 0) is 29.8 Å².